The summed E-state index contributed by atoms with van der Waals surface area (Å²) in [6.45, 7) is 9.70. The number of cyclic esters (lactones) is 1. The number of esters is 1. The first kappa shape index (κ1) is 14.7. The molecule has 0 aromatic rings. The van der Waals surface area contributed by atoms with E-state index in [-0.39, 0.29) is 23.1 Å². The van der Waals surface area contributed by atoms with Crippen molar-refractivity contribution in [2.24, 2.45) is 5.41 Å². The molecule has 3 atom stereocenters. The highest BCUT2D eigenvalue weighted by Crippen LogP contribution is 2.70. The first-order chi connectivity index (χ1) is 10.2. The molecule has 3 aliphatic heterocycles. The van der Waals surface area contributed by atoms with Crippen molar-refractivity contribution in [1.29, 1.82) is 0 Å². The van der Waals surface area contributed by atoms with Gasteiger partial charge in [-0.25, -0.2) is 4.79 Å². The maximum Gasteiger partial charge on any atom is 0.331 e. The van der Waals surface area contributed by atoms with E-state index in [0.717, 1.165) is 18.4 Å². The Hall–Kier alpha value is -0.910. The summed E-state index contributed by atoms with van der Waals surface area (Å²) in [7, 11) is 0. The van der Waals surface area contributed by atoms with Crippen LogP contribution in [0.15, 0.2) is 11.6 Å². The molecule has 122 valence electrons. The molecule has 1 spiro atoms. The number of ether oxygens (including phenoxy) is 4. The minimum Gasteiger partial charge on any atom is -0.456 e. The minimum absolute atomic E-state index is 0.201. The Morgan fingerprint density at radius 2 is 1.82 bits per heavy atom. The predicted octanol–water partition coefficient (Wildman–Crippen LogP) is 2.34. The topological polar surface area (TPSA) is 57.3 Å². The quantitative estimate of drug-likeness (QED) is 0.550. The first-order valence-electron chi connectivity index (χ1n) is 8.08. The van der Waals surface area contributed by atoms with Crippen LogP contribution in [0.2, 0.25) is 0 Å². The Bertz CT molecular complexity index is 559. The van der Waals surface area contributed by atoms with Gasteiger partial charge < -0.3 is 18.9 Å². The maximum atomic E-state index is 11.8. The number of rotatable bonds is 1. The van der Waals surface area contributed by atoms with Crippen LogP contribution in [0.25, 0.3) is 0 Å². The van der Waals surface area contributed by atoms with Gasteiger partial charge in [-0.3, -0.25) is 0 Å². The third-order valence-electron chi connectivity index (χ3n) is 5.85. The van der Waals surface area contributed by atoms with E-state index in [2.05, 4.69) is 20.8 Å². The molecule has 3 heterocycles. The summed E-state index contributed by atoms with van der Waals surface area (Å²) >= 11 is 0. The lowest BCUT2D eigenvalue weighted by Gasteiger charge is -2.48. The van der Waals surface area contributed by atoms with E-state index in [1.807, 2.05) is 6.92 Å². The van der Waals surface area contributed by atoms with Gasteiger partial charge in [-0.2, -0.15) is 0 Å². The Morgan fingerprint density at radius 1 is 1.14 bits per heavy atom. The zero-order valence-electron chi connectivity index (χ0n) is 13.7. The zero-order valence-corrected chi connectivity index (χ0v) is 13.7. The molecule has 5 heteroatoms. The Kier molecular flexibility index (Phi) is 2.76. The molecule has 4 aliphatic rings. The van der Waals surface area contributed by atoms with E-state index < -0.39 is 11.4 Å². The number of carbonyl (C=O) groups is 1. The van der Waals surface area contributed by atoms with Crippen LogP contribution in [0.3, 0.4) is 0 Å². The second-order valence-corrected chi connectivity index (χ2v) is 8.03. The average molecular weight is 308 g/mol. The van der Waals surface area contributed by atoms with E-state index in [4.69, 9.17) is 18.9 Å². The summed E-state index contributed by atoms with van der Waals surface area (Å²) in [4.78, 5) is 11.8. The zero-order chi connectivity index (χ0) is 15.8. The van der Waals surface area contributed by atoms with Crippen LogP contribution in [0, 0.1) is 5.41 Å². The van der Waals surface area contributed by atoms with Crippen LogP contribution < -0.4 is 0 Å². The maximum absolute atomic E-state index is 11.8. The molecule has 1 unspecified atom stereocenters. The molecule has 0 N–H and O–H groups in total. The molecule has 1 aliphatic carbocycles. The fourth-order valence-corrected chi connectivity index (χ4v) is 5.27. The highest BCUT2D eigenvalue weighted by molar-refractivity contribution is 5.84. The van der Waals surface area contributed by atoms with Gasteiger partial charge in [0.2, 0.25) is 0 Å². The molecular formula is C17H24O5. The fourth-order valence-electron chi connectivity index (χ4n) is 5.27. The molecule has 0 aromatic heterocycles. The predicted molar refractivity (Wildman–Crippen MR) is 78.1 cm³/mol. The Labute approximate surface area is 130 Å². The molecule has 22 heavy (non-hydrogen) atoms. The number of hydrogen-bond acceptors (Lipinski definition) is 5. The molecule has 1 saturated carbocycles. The van der Waals surface area contributed by atoms with Gasteiger partial charge in [0, 0.05) is 30.8 Å². The van der Waals surface area contributed by atoms with Crippen LogP contribution in [0.4, 0.5) is 0 Å². The molecule has 5 nitrogen and oxygen atoms in total. The number of epoxide rings is 1. The smallest absolute Gasteiger partial charge is 0.331 e. The van der Waals surface area contributed by atoms with Crippen LogP contribution in [-0.2, 0) is 23.7 Å². The third-order valence-corrected chi connectivity index (χ3v) is 5.85. The molecule has 2 saturated heterocycles. The van der Waals surface area contributed by atoms with Crippen molar-refractivity contribution in [1.82, 2.24) is 0 Å². The number of fused-ring (bicyclic) bond motifs is 1. The second kappa shape index (κ2) is 4.13. The number of hydrogen-bond donors (Lipinski definition) is 0. The fraction of sp³-hybridized carbons (Fsp3) is 0.824. The lowest BCUT2D eigenvalue weighted by molar-refractivity contribution is -0.211. The first-order valence-corrected chi connectivity index (χ1v) is 8.08. The highest BCUT2D eigenvalue weighted by Gasteiger charge is 2.83. The van der Waals surface area contributed by atoms with Crippen LogP contribution in [0.1, 0.15) is 47.0 Å². The van der Waals surface area contributed by atoms with Gasteiger partial charge in [-0.1, -0.05) is 19.4 Å². The minimum atomic E-state index is -0.540. The molecule has 0 aromatic carbocycles. The SMILES string of the molecule is CC1=CC(=O)OC([C@@]23O[C@]2(C)CC2(CC3(C)C)OCCO2)C1. The Balaban J connectivity index is 1.69. The van der Waals surface area contributed by atoms with Gasteiger partial charge in [0.1, 0.15) is 17.3 Å². The normalized spacial score (nSPS) is 45.2. The lowest BCUT2D eigenvalue weighted by Crippen LogP contribution is -2.59. The van der Waals surface area contributed by atoms with E-state index in [0.29, 0.717) is 19.6 Å². The largest absolute Gasteiger partial charge is 0.456 e. The molecule has 0 bridgehead atoms. The highest BCUT2D eigenvalue weighted by atomic mass is 16.7. The van der Waals surface area contributed by atoms with Gasteiger partial charge in [0.25, 0.3) is 0 Å². The van der Waals surface area contributed by atoms with Gasteiger partial charge in [-0.05, 0) is 13.8 Å². The monoisotopic (exact) mass is 308 g/mol. The average Bonchev–Trinajstić information content (AvgIpc) is 2.79. The molecule has 0 radical (unpaired) electrons. The van der Waals surface area contributed by atoms with Crippen molar-refractivity contribution in [2.75, 3.05) is 13.2 Å². The Morgan fingerprint density at radius 3 is 2.41 bits per heavy atom. The molecule has 3 fully saturated rings. The summed E-state index contributed by atoms with van der Waals surface area (Å²) in [6.07, 6.45) is 3.53. The van der Waals surface area contributed by atoms with Gasteiger partial charge in [-0.15, -0.1) is 0 Å². The molecule has 4 rings (SSSR count). The standard InChI is InChI=1S/C17H24O5/c1-11-7-12(21-13(18)8-11)17-14(2,3)9-16(19-5-6-20-16)10-15(17,4)22-17/h8,12H,5-7,9-10H2,1-4H3/t12?,15-,17+/m1/s1. The van der Waals surface area contributed by atoms with Gasteiger partial charge in [0.05, 0.1) is 13.2 Å². The molecule has 0 amide bonds. The van der Waals surface area contributed by atoms with Crippen molar-refractivity contribution < 1.29 is 23.7 Å². The van der Waals surface area contributed by atoms with Crippen molar-refractivity contribution >= 4 is 5.97 Å². The van der Waals surface area contributed by atoms with E-state index in [1.165, 1.54) is 0 Å². The van der Waals surface area contributed by atoms with Crippen LogP contribution >= 0.6 is 0 Å². The lowest BCUT2D eigenvalue weighted by atomic mass is 9.59. The van der Waals surface area contributed by atoms with Crippen molar-refractivity contribution in [3.8, 4) is 0 Å². The summed E-state index contributed by atoms with van der Waals surface area (Å²) in [5.74, 6) is -0.799. The van der Waals surface area contributed by atoms with E-state index >= 15 is 0 Å². The summed E-state index contributed by atoms with van der Waals surface area (Å²) in [5, 5.41) is 0. The molecular weight excluding hydrogens is 284 g/mol. The van der Waals surface area contributed by atoms with Gasteiger partial charge in [0.15, 0.2) is 5.79 Å². The van der Waals surface area contributed by atoms with Crippen LogP contribution in [0.5, 0.6) is 0 Å². The summed E-state index contributed by atoms with van der Waals surface area (Å²) in [6, 6.07) is 0. The van der Waals surface area contributed by atoms with Crippen molar-refractivity contribution in [3.63, 3.8) is 0 Å². The summed E-state index contributed by atoms with van der Waals surface area (Å²) in [5.41, 5.74) is 0.0262. The van der Waals surface area contributed by atoms with Crippen molar-refractivity contribution in [3.05, 3.63) is 11.6 Å². The number of carbonyl (C=O) groups excluding carboxylic acids is 1. The van der Waals surface area contributed by atoms with E-state index in [9.17, 15) is 4.79 Å². The van der Waals surface area contributed by atoms with Crippen molar-refractivity contribution in [2.45, 2.75) is 70.1 Å². The van der Waals surface area contributed by atoms with Gasteiger partial charge >= 0.3 is 5.97 Å². The third kappa shape index (κ3) is 1.73. The second-order valence-electron chi connectivity index (χ2n) is 8.03. The van der Waals surface area contributed by atoms with Crippen LogP contribution in [-0.4, -0.2) is 42.3 Å². The van der Waals surface area contributed by atoms with E-state index in [1.54, 1.807) is 6.08 Å². The summed E-state index contributed by atoms with van der Waals surface area (Å²) < 4.78 is 23.9.